The summed E-state index contributed by atoms with van der Waals surface area (Å²) in [7, 11) is 4.06. The lowest BCUT2D eigenvalue weighted by atomic mass is 10.2. The zero-order valence-electron chi connectivity index (χ0n) is 10.3. The molecule has 0 aliphatic rings. The van der Waals surface area contributed by atoms with Crippen molar-refractivity contribution in [2.45, 2.75) is 6.54 Å². The lowest BCUT2D eigenvalue weighted by Crippen LogP contribution is -2.10. The fourth-order valence-electron chi connectivity index (χ4n) is 1.80. The molecule has 2 aromatic rings. The summed E-state index contributed by atoms with van der Waals surface area (Å²) in [4.78, 5) is 6.45. The topological polar surface area (TPSA) is 47.1 Å². The van der Waals surface area contributed by atoms with E-state index in [0.29, 0.717) is 6.54 Å². The summed E-state index contributed by atoms with van der Waals surface area (Å²) < 4.78 is 2.07. The van der Waals surface area contributed by atoms with Crippen molar-refractivity contribution in [1.29, 1.82) is 0 Å². The molecule has 0 atom stereocenters. The highest BCUT2D eigenvalue weighted by atomic mass is 15.1. The zero-order chi connectivity index (χ0) is 12.3. The molecule has 0 bridgehead atoms. The Morgan fingerprint density at radius 3 is 2.53 bits per heavy atom. The highest BCUT2D eigenvalue weighted by Crippen LogP contribution is 2.20. The summed E-state index contributed by atoms with van der Waals surface area (Å²) >= 11 is 0. The molecular weight excluding hydrogens is 212 g/mol. The third-order valence-corrected chi connectivity index (χ3v) is 2.73. The number of nitrogens with zero attached hydrogens (tertiary/aromatic N) is 3. The third-order valence-electron chi connectivity index (χ3n) is 2.73. The quantitative estimate of drug-likeness (QED) is 0.867. The normalized spacial score (nSPS) is 10.5. The van der Waals surface area contributed by atoms with Crippen molar-refractivity contribution in [3.63, 3.8) is 0 Å². The monoisotopic (exact) mass is 230 g/mol. The van der Waals surface area contributed by atoms with Crippen molar-refractivity contribution in [3.05, 3.63) is 36.7 Å². The molecule has 0 saturated carbocycles. The number of aromatic nitrogens is 2. The maximum atomic E-state index is 5.58. The Balaban J connectivity index is 2.30. The van der Waals surface area contributed by atoms with Crippen LogP contribution in [0.15, 0.2) is 36.7 Å². The molecule has 2 rings (SSSR count). The van der Waals surface area contributed by atoms with Gasteiger partial charge in [0.2, 0.25) is 0 Å². The van der Waals surface area contributed by atoms with Crippen LogP contribution >= 0.6 is 0 Å². The smallest absolute Gasteiger partial charge is 0.139 e. The van der Waals surface area contributed by atoms with Crippen LogP contribution in [0, 0.1) is 0 Å². The van der Waals surface area contributed by atoms with Gasteiger partial charge in [-0.2, -0.15) is 0 Å². The van der Waals surface area contributed by atoms with E-state index in [2.05, 4.69) is 38.7 Å². The molecule has 17 heavy (non-hydrogen) atoms. The lowest BCUT2D eigenvalue weighted by Gasteiger charge is -2.13. The second kappa shape index (κ2) is 5.01. The van der Waals surface area contributed by atoms with E-state index in [1.165, 1.54) is 5.69 Å². The first-order valence-corrected chi connectivity index (χ1v) is 5.71. The Morgan fingerprint density at radius 2 is 1.94 bits per heavy atom. The van der Waals surface area contributed by atoms with Crippen LogP contribution in [0.25, 0.3) is 11.4 Å². The minimum Gasteiger partial charge on any atom is -0.378 e. The second-order valence-electron chi connectivity index (χ2n) is 4.17. The highest BCUT2D eigenvalue weighted by molar-refractivity contribution is 5.60. The molecule has 0 spiro atoms. The molecule has 0 radical (unpaired) electrons. The maximum Gasteiger partial charge on any atom is 0.139 e. The predicted octanol–water partition coefficient (Wildman–Crippen LogP) is 1.57. The van der Waals surface area contributed by atoms with Crippen LogP contribution in [0.5, 0.6) is 0 Å². The van der Waals surface area contributed by atoms with Crippen LogP contribution in [0.3, 0.4) is 0 Å². The van der Waals surface area contributed by atoms with Crippen molar-refractivity contribution < 1.29 is 0 Å². The molecule has 1 aromatic heterocycles. The van der Waals surface area contributed by atoms with Gasteiger partial charge in [0, 0.05) is 50.8 Å². The molecule has 0 unspecified atom stereocenters. The van der Waals surface area contributed by atoms with Gasteiger partial charge in [-0.25, -0.2) is 4.98 Å². The van der Waals surface area contributed by atoms with Crippen molar-refractivity contribution in [3.8, 4) is 11.4 Å². The number of imidazole rings is 1. The van der Waals surface area contributed by atoms with Gasteiger partial charge in [0.05, 0.1) is 0 Å². The SMILES string of the molecule is CN(C)c1ccc(-c2nccn2CCN)cc1. The number of nitrogens with two attached hydrogens (primary N) is 1. The van der Waals surface area contributed by atoms with Gasteiger partial charge < -0.3 is 15.2 Å². The van der Waals surface area contributed by atoms with Gasteiger partial charge in [-0.3, -0.25) is 0 Å². The van der Waals surface area contributed by atoms with Gasteiger partial charge in [-0.05, 0) is 24.3 Å². The Hall–Kier alpha value is -1.81. The Labute approximate surface area is 102 Å². The van der Waals surface area contributed by atoms with Crippen molar-refractivity contribution in [2.75, 3.05) is 25.5 Å². The van der Waals surface area contributed by atoms with E-state index in [4.69, 9.17) is 5.73 Å². The fraction of sp³-hybridized carbons (Fsp3) is 0.308. The molecule has 2 N–H and O–H groups in total. The van der Waals surface area contributed by atoms with Crippen molar-refractivity contribution in [2.24, 2.45) is 5.73 Å². The van der Waals surface area contributed by atoms with E-state index < -0.39 is 0 Å². The number of anilines is 1. The molecule has 0 saturated heterocycles. The standard InChI is InChI=1S/C13H18N4/c1-16(2)12-5-3-11(4-6-12)13-15-8-10-17(13)9-7-14/h3-6,8,10H,7,9,14H2,1-2H3. The van der Waals surface area contributed by atoms with Crippen LogP contribution in [0.2, 0.25) is 0 Å². The summed E-state index contributed by atoms with van der Waals surface area (Å²) in [6, 6.07) is 8.36. The number of hydrogen-bond acceptors (Lipinski definition) is 3. The maximum absolute atomic E-state index is 5.58. The van der Waals surface area contributed by atoms with E-state index in [1.807, 2.05) is 26.5 Å². The Morgan fingerprint density at radius 1 is 1.24 bits per heavy atom. The van der Waals surface area contributed by atoms with E-state index in [1.54, 1.807) is 0 Å². The summed E-state index contributed by atoms with van der Waals surface area (Å²) in [5.41, 5.74) is 7.88. The molecule has 1 aromatic carbocycles. The molecule has 4 nitrogen and oxygen atoms in total. The van der Waals surface area contributed by atoms with Crippen LogP contribution in [-0.2, 0) is 6.54 Å². The van der Waals surface area contributed by atoms with E-state index in [-0.39, 0.29) is 0 Å². The lowest BCUT2D eigenvalue weighted by molar-refractivity contribution is 0.715. The molecule has 0 aliphatic heterocycles. The Bertz CT molecular complexity index is 470. The zero-order valence-corrected chi connectivity index (χ0v) is 10.3. The van der Waals surface area contributed by atoms with Crippen molar-refractivity contribution >= 4 is 5.69 Å². The van der Waals surface area contributed by atoms with Gasteiger partial charge in [-0.15, -0.1) is 0 Å². The molecule has 0 aliphatic carbocycles. The highest BCUT2D eigenvalue weighted by Gasteiger charge is 2.05. The molecule has 1 heterocycles. The molecule has 0 amide bonds. The Kier molecular flexibility index (Phi) is 3.44. The first kappa shape index (κ1) is 11.7. The fourth-order valence-corrected chi connectivity index (χ4v) is 1.80. The van der Waals surface area contributed by atoms with Gasteiger partial charge in [0.15, 0.2) is 0 Å². The largest absolute Gasteiger partial charge is 0.378 e. The number of hydrogen-bond donors (Lipinski definition) is 1. The van der Waals surface area contributed by atoms with Gasteiger partial charge in [0.1, 0.15) is 5.82 Å². The second-order valence-corrected chi connectivity index (χ2v) is 4.17. The van der Waals surface area contributed by atoms with Crippen LogP contribution in [0.1, 0.15) is 0 Å². The minimum atomic E-state index is 0.624. The molecule has 4 heteroatoms. The summed E-state index contributed by atoms with van der Waals surface area (Å²) in [6.07, 6.45) is 3.77. The summed E-state index contributed by atoms with van der Waals surface area (Å²) in [6.45, 7) is 1.42. The average Bonchev–Trinajstić information content (AvgIpc) is 2.78. The molecule has 90 valence electrons. The van der Waals surface area contributed by atoms with E-state index >= 15 is 0 Å². The van der Waals surface area contributed by atoms with Crippen LogP contribution < -0.4 is 10.6 Å². The summed E-state index contributed by atoms with van der Waals surface area (Å²) in [5.74, 6) is 0.973. The summed E-state index contributed by atoms with van der Waals surface area (Å²) in [5, 5.41) is 0. The van der Waals surface area contributed by atoms with Gasteiger partial charge in [0.25, 0.3) is 0 Å². The molecular formula is C13H18N4. The average molecular weight is 230 g/mol. The van der Waals surface area contributed by atoms with Crippen molar-refractivity contribution in [1.82, 2.24) is 9.55 Å². The van der Waals surface area contributed by atoms with Gasteiger partial charge >= 0.3 is 0 Å². The van der Waals surface area contributed by atoms with E-state index in [0.717, 1.165) is 17.9 Å². The number of rotatable bonds is 4. The first-order valence-electron chi connectivity index (χ1n) is 5.71. The van der Waals surface area contributed by atoms with Crippen LogP contribution in [0.4, 0.5) is 5.69 Å². The first-order chi connectivity index (χ1) is 8.22. The van der Waals surface area contributed by atoms with Crippen LogP contribution in [-0.4, -0.2) is 30.2 Å². The predicted molar refractivity (Wildman–Crippen MR) is 71.0 cm³/mol. The molecule has 0 fully saturated rings. The minimum absolute atomic E-state index is 0.624. The van der Waals surface area contributed by atoms with E-state index in [9.17, 15) is 0 Å². The number of benzene rings is 1. The third kappa shape index (κ3) is 2.47. The van der Waals surface area contributed by atoms with Gasteiger partial charge in [-0.1, -0.05) is 0 Å².